The summed E-state index contributed by atoms with van der Waals surface area (Å²) in [4.78, 5) is 101. The predicted molar refractivity (Wildman–Crippen MR) is 240 cm³/mol. The van der Waals surface area contributed by atoms with E-state index in [1.165, 1.54) is 94.5 Å². The molecule has 0 radical (unpaired) electrons. The van der Waals surface area contributed by atoms with Gasteiger partial charge in [-0.05, 0) is 48.5 Å². The van der Waals surface area contributed by atoms with E-state index in [0.29, 0.717) is 34.0 Å². The molecule has 25 heteroatoms. The molecule has 12 aromatic rings. The Bertz CT molecular complexity index is 3240. The van der Waals surface area contributed by atoms with Crippen molar-refractivity contribution in [3.05, 3.63) is 241 Å². The number of fused-ring (bicyclic) bond motifs is 6. The van der Waals surface area contributed by atoms with Crippen molar-refractivity contribution in [2.75, 3.05) is 0 Å². The summed E-state index contributed by atoms with van der Waals surface area (Å²) in [5.41, 5.74) is 1.81. The molecule has 0 atom stereocenters. The van der Waals surface area contributed by atoms with Gasteiger partial charge in [-0.15, -0.1) is 5.10 Å². The number of nitrogens with zero attached hydrogens (tertiary/aromatic N) is 19. The summed E-state index contributed by atoms with van der Waals surface area (Å²) >= 11 is 0. The Balaban J connectivity index is 0.000000132. The lowest BCUT2D eigenvalue weighted by molar-refractivity contribution is 0.824. The minimum atomic E-state index is -0.296. The number of rotatable bonds is 0. The third kappa shape index (κ3) is 12.0. The summed E-state index contributed by atoms with van der Waals surface area (Å²) in [6.45, 7) is 0. The molecule has 0 amide bonds. The van der Waals surface area contributed by atoms with E-state index in [1.54, 1.807) is 98.1 Å². The standard InChI is InChI=1S/5C7H5N3O.C6H4N4O.CH4/c11-7-2-4-9-6-1-3-8-5-10(6)7;11-6-2-4-9-7-8-3-1-5-10(6)7;11-7-1-2-9-6-5-8-3-4-10(6)7;11-7-3-5-8-6-2-1-4-9-10(6)7;11-7-9-5-8-6-3-1-2-4-10(6)7;11-6-4-7-9-5-2-1-3-8-10(5)6;/h5*1-5H;1-4H;1H4. The zero-order chi connectivity index (χ0) is 46.1. The average Bonchev–Trinajstić information content (AvgIpc) is 3.36. The molecule has 0 spiro atoms. The van der Waals surface area contributed by atoms with Crippen LogP contribution < -0.4 is 33.5 Å². The van der Waals surface area contributed by atoms with Gasteiger partial charge >= 0.3 is 5.69 Å². The van der Waals surface area contributed by atoms with Crippen molar-refractivity contribution in [1.29, 1.82) is 0 Å². The van der Waals surface area contributed by atoms with E-state index in [4.69, 9.17) is 0 Å². The molecule has 0 aliphatic heterocycles. The van der Waals surface area contributed by atoms with Gasteiger partial charge in [0.2, 0.25) is 5.78 Å². The lowest BCUT2D eigenvalue weighted by Gasteiger charge is -1.94. The van der Waals surface area contributed by atoms with Crippen LogP contribution in [0.5, 0.6) is 0 Å². The topological polar surface area (TPSA) is 296 Å². The molecule has 0 bridgehead atoms. The van der Waals surface area contributed by atoms with E-state index in [-0.39, 0.29) is 40.9 Å². The quantitative estimate of drug-likeness (QED) is 0.201. The normalized spacial score (nSPS) is 10.0. The van der Waals surface area contributed by atoms with Gasteiger partial charge in [0.1, 0.15) is 30.1 Å². The van der Waals surface area contributed by atoms with Gasteiger partial charge in [-0.1, -0.05) is 13.5 Å². The van der Waals surface area contributed by atoms with Gasteiger partial charge in [0.15, 0.2) is 16.9 Å². The second kappa shape index (κ2) is 22.7. The third-order valence-corrected chi connectivity index (χ3v) is 8.20. The van der Waals surface area contributed by atoms with Gasteiger partial charge in [0, 0.05) is 98.6 Å². The van der Waals surface area contributed by atoms with Gasteiger partial charge in [0.25, 0.3) is 27.8 Å². The maximum Gasteiger partial charge on any atom is 0.354 e. The molecule has 0 saturated heterocycles. The van der Waals surface area contributed by atoms with E-state index in [1.807, 2.05) is 6.07 Å². The monoisotopic (exact) mass is 899 g/mol. The molecule has 12 rings (SSSR count). The highest BCUT2D eigenvalue weighted by atomic mass is 16.2. The second-order valence-electron chi connectivity index (χ2n) is 12.4. The highest BCUT2D eigenvalue weighted by Crippen LogP contribution is 1.93. The van der Waals surface area contributed by atoms with E-state index >= 15 is 0 Å². The summed E-state index contributed by atoms with van der Waals surface area (Å²) in [6, 6.07) is 21.1. The molecule has 12 heterocycles. The fourth-order valence-electron chi connectivity index (χ4n) is 5.24. The van der Waals surface area contributed by atoms with E-state index in [2.05, 4.69) is 65.3 Å². The van der Waals surface area contributed by atoms with Crippen molar-refractivity contribution in [3.8, 4) is 0 Å². The first kappa shape index (κ1) is 46.2. The largest absolute Gasteiger partial charge is 0.354 e. The number of hydrogen-bond donors (Lipinski definition) is 0. The molecule has 332 valence electrons. The Morgan fingerprint density at radius 2 is 0.985 bits per heavy atom. The van der Waals surface area contributed by atoms with Gasteiger partial charge < -0.3 is 0 Å². The van der Waals surface area contributed by atoms with E-state index in [0.717, 1.165) is 6.20 Å². The molecule has 0 aromatic carbocycles. The fourth-order valence-corrected chi connectivity index (χ4v) is 5.24. The molecule has 0 saturated carbocycles. The lowest BCUT2D eigenvalue weighted by Crippen LogP contribution is -2.16. The van der Waals surface area contributed by atoms with Crippen LogP contribution in [0.25, 0.3) is 34.0 Å². The van der Waals surface area contributed by atoms with E-state index in [9.17, 15) is 28.8 Å². The van der Waals surface area contributed by atoms with Crippen LogP contribution in [0, 0.1) is 0 Å². The van der Waals surface area contributed by atoms with Crippen LogP contribution in [0.1, 0.15) is 7.43 Å². The van der Waals surface area contributed by atoms with Crippen LogP contribution in [0.3, 0.4) is 0 Å². The van der Waals surface area contributed by atoms with Crippen LogP contribution in [-0.2, 0) is 0 Å². The molecule has 0 fully saturated rings. The first-order valence-corrected chi connectivity index (χ1v) is 18.8. The van der Waals surface area contributed by atoms with Gasteiger partial charge in [-0.3, -0.25) is 46.6 Å². The zero-order valence-corrected chi connectivity index (χ0v) is 33.7. The van der Waals surface area contributed by atoms with Crippen LogP contribution in [0.2, 0.25) is 0 Å². The average molecular weight is 900 g/mol. The van der Waals surface area contributed by atoms with Crippen molar-refractivity contribution in [2.24, 2.45) is 0 Å². The van der Waals surface area contributed by atoms with Crippen molar-refractivity contribution >= 4 is 34.0 Å². The summed E-state index contributed by atoms with van der Waals surface area (Å²) in [5, 5.41) is 14.8. The third-order valence-electron chi connectivity index (χ3n) is 8.20. The number of hydrogen-bond acceptors (Lipinski definition) is 19. The molecule has 0 N–H and O–H groups in total. The van der Waals surface area contributed by atoms with Gasteiger partial charge in [-0.2, -0.15) is 29.3 Å². The Kier molecular flexibility index (Phi) is 15.6. The Morgan fingerprint density at radius 1 is 0.373 bits per heavy atom. The zero-order valence-electron chi connectivity index (χ0n) is 33.7. The maximum atomic E-state index is 11.1. The van der Waals surface area contributed by atoms with Crippen molar-refractivity contribution < 1.29 is 0 Å². The van der Waals surface area contributed by atoms with Crippen molar-refractivity contribution in [1.82, 2.24) is 91.9 Å². The van der Waals surface area contributed by atoms with Gasteiger partial charge in [-0.25, -0.2) is 39.7 Å². The minimum Gasteiger partial charge on any atom is -0.269 e. The number of pyridine rings is 1. The highest BCUT2D eigenvalue weighted by molar-refractivity contribution is 5.36. The summed E-state index contributed by atoms with van der Waals surface area (Å²) in [7, 11) is 0. The lowest BCUT2D eigenvalue weighted by atomic mass is 10.5. The number of aromatic nitrogens is 19. The fraction of sp³-hybridized carbons (Fsp3) is 0.0238. The molecule has 0 aliphatic rings. The van der Waals surface area contributed by atoms with Crippen LogP contribution in [0.4, 0.5) is 0 Å². The van der Waals surface area contributed by atoms with E-state index < -0.39 is 0 Å². The van der Waals surface area contributed by atoms with Crippen LogP contribution in [-0.4, -0.2) is 91.9 Å². The molecule has 25 nitrogen and oxygen atoms in total. The Labute approximate surface area is 373 Å². The van der Waals surface area contributed by atoms with Crippen LogP contribution >= 0.6 is 0 Å². The second-order valence-corrected chi connectivity index (χ2v) is 12.4. The highest BCUT2D eigenvalue weighted by Gasteiger charge is 1.97. The molecular weight excluding hydrogens is 867 g/mol. The first-order chi connectivity index (χ1) is 32.3. The predicted octanol–water partition coefficient (Wildman–Crippen LogP) is 0.568. The van der Waals surface area contributed by atoms with Crippen LogP contribution in [0.15, 0.2) is 207 Å². The SMILES string of the molecule is C.O=c1ccnc2cccnn12.O=c1ccnc2ccncn12.O=c1ccnc2cnccn12.O=c1ccnc2ncccn12.O=c1cnnc2cccnn12.O=c1ncnc2ccccn12. The maximum absolute atomic E-state index is 11.1. The molecule has 67 heavy (non-hydrogen) atoms. The minimum absolute atomic E-state index is 0. The summed E-state index contributed by atoms with van der Waals surface area (Å²) in [6.07, 6.45) is 23.9. The summed E-state index contributed by atoms with van der Waals surface area (Å²) in [5.74, 6) is 0.431. The summed E-state index contributed by atoms with van der Waals surface area (Å²) < 4.78 is 8.04. The smallest absolute Gasteiger partial charge is 0.269 e. The molecule has 12 aromatic heterocycles. The Hall–Kier alpha value is -10.3. The first-order valence-electron chi connectivity index (χ1n) is 18.8. The molecule has 0 aliphatic carbocycles. The molecular formula is C42H33N19O6. The Morgan fingerprint density at radius 3 is 1.69 bits per heavy atom. The van der Waals surface area contributed by atoms with Crippen molar-refractivity contribution in [3.63, 3.8) is 0 Å². The van der Waals surface area contributed by atoms with Gasteiger partial charge in [0.05, 0.1) is 6.20 Å². The van der Waals surface area contributed by atoms with Crippen molar-refractivity contribution in [2.45, 2.75) is 7.43 Å². The molecule has 0 unspecified atom stereocenters.